The molecule has 0 aromatic carbocycles. The summed E-state index contributed by atoms with van der Waals surface area (Å²) < 4.78 is 5.08. The van der Waals surface area contributed by atoms with Gasteiger partial charge in [0.05, 0.1) is 30.2 Å². The fourth-order valence-electron chi connectivity index (χ4n) is 2.37. The normalized spacial score (nSPS) is 21.8. The van der Waals surface area contributed by atoms with Crippen LogP contribution in [0.25, 0.3) is 0 Å². The number of allylic oxidation sites excluding steroid dienone is 4. The number of nitrogens with two attached hydrogens (primary N) is 2. The Morgan fingerprint density at radius 3 is 2.62 bits per heavy atom. The number of aliphatic imine (C=N–C) groups is 1. The smallest absolute Gasteiger partial charge is 0.358 e. The van der Waals surface area contributed by atoms with E-state index in [4.69, 9.17) is 16.3 Å². The molecular weight excluding hydrogens is 306 g/mol. The molecule has 0 aromatic heterocycles. The van der Waals surface area contributed by atoms with Gasteiger partial charge in [0.15, 0.2) is 5.70 Å². The maximum absolute atomic E-state index is 12.2. The van der Waals surface area contributed by atoms with Gasteiger partial charge in [0.1, 0.15) is 0 Å². The first-order chi connectivity index (χ1) is 11.4. The van der Waals surface area contributed by atoms with Crippen LogP contribution in [0.15, 0.2) is 51.7 Å². The Kier molecular flexibility index (Phi) is 7.26. The first-order valence-corrected chi connectivity index (χ1v) is 7.77. The summed E-state index contributed by atoms with van der Waals surface area (Å²) in [5, 5.41) is 1.56. The number of rotatable bonds is 4. The number of carbonyl (C=O) groups excluding carboxylic acids is 1. The summed E-state index contributed by atoms with van der Waals surface area (Å²) in [6, 6.07) is 0. The molecule has 4 N–H and O–H groups in total. The van der Waals surface area contributed by atoms with Crippen LogP contribution >= 0.6 is 0 Å². The first-order valence-electron chi connectivity index (χ1n) is 7.77. The van der Waals surface area contributed by atoms with E-state index < -0.39 is 5.97 Å². The van der Waals surface area contributed by atoms with Gasteiger partial charge in [-0.3, -0.25) is 10.0 Å². The number of nitrogens with zero attached hydrogens (tertiary/aromatic N) is 3. The Bertz CT molecular complexity index is 612. The second-order valence-electron chi connectivity index (χ2n) is 5.39. The molecule has 0 spiro atoms. The number of carbonyl (C=O) groups is 1. The van der Waals surface area contributed by atoms with Crippen molar-refractivity contribution in [1.29, 1.82) is 0 Å². The third-order valence-corrected chi connectivity index (χ3v) is 3.63. The highest BCUT2D eigenvalue weighted by Crippen LogP contribution is 2.29. The Balaban J connectivity index is 3.47. The fourth-order valence-corrected chi connectivity index (χ4v) is 2.37. The molecule has 24 heavy (non-hydrogen) atoms. The minimum atomic E-state index is -0.507. The van der Waals surface area contributed by atoms with Crippen LogP contribution in [0, 0.1) is 0 Å². The maximum atomic E-state index is 12.2. The van der Waals surface area contributed by atoms with E-state index in [0.717, 1.165) is 5.70 Å². The third kappa shape index (κ3) is 4.48. The van der Waals surface area contributed by atoms with E-state index in [1.807, 2.05) is 37.1 Å². The summed E-state index contributed by atoms with van der Waals surface area (Å²) in [7, 11) is 1.87. The van der Waals surface area contributed by atoms with Crippen molar-refractivity contribution in [2.24, 2.45) is 16.6 Å². The van der Waals surface area contributed by atoms with Crippen LogP contribution in [0.3, 0.4) is 0 Å². The highest BCUT2D eigenvalue weighted by molar-refractivity contribution is 5.89. The number of ether oxygens (including phenoxy) is 1. The van der Waals surface area contributed by atoms with Crippen LogP contribution in [0.4, 0.5) is 0 Å². The summed E-state index contributed by atoms with van der Waals surface area (Å²) in [4.78, 5) is 18.0. The average molecular weight is 333 g/mol. The molecule has 0 unspecified atom stereocenters. The lowest BCUT2D eigenvalue weighted by atomic mass is 10.1. The first kappa shape index (κ1) is 19.5. The zero-order chi connectivity index (χ0) is 18.3. The minimum Gasteiger partial charge on any atom is -0.461 e. The molecule has 1 saturated heterocycles. The number of hydrogen-bond donors (Lipinski definition) is 2. The second kappa shape index (κ2) is 8.93. The third-order valence-electron chi connectivity index (χ3n) is 3.63. The van der Waals surface area contributed by atoms with Gasteiger partial charge < -0.3 is 15.4 Å². The van der Waals surface area contributed by atoms with Crippen molar-refractivity contribution in [3.63, 3.8) is 0 Å². The van der Waals surface area contributed by atoms with E-state index in [1.165, 1.54) is 0 Å². The van der Waals surface area contributed by atoms with E-state index in [1.54, 1.807) is 18.9 Å². The van der Waals surface area contributed by atoms with Gasteiger partial charge in [-0.05, 0) is 33.6 Å². The molecule has 7 heteroatoms. The highest BCUT2D eigenvalue weighted by Gasteiger charge is 2.27. The largest absolute Gasteiger partial charge is 0.461 e. The Morgan fingerprint density at radius 2 is 2.12 bits per heavy atom. The van der Waals surface area contributed by atoms with Gasteiger partial charge in [-0.2, -0.15) is 0 Å². The van der Waals surface area contributed by atoms with Crippen molar-refractivity contribution in [3.8, 4) is 0 Å². The van der Waals surface area contributed by atoms with Crippen LogP contribution in [-0.2, 0) is 9.53 Å². The van der Waals surface area contributed by atoms with Gasteiger partial charge in [-0.15, -0.1) is 0 Å². The topological polar surface area (TPSA) is 97.2 Å². The van der Waals surface area contributed by atoms with Crippen molar-refractivity contribution < 1.29 is 9.53 Å². The van der Waals surface area contributed by atoms with Crippen molar-refractivity contribution >= 4 is 12.7 Å². The van der Waals surface area contributed by atoms with Gasteiger partial charge in [-0.25, -0.2) is 10.6 Å². The summed E-state index contributed by atoms with van der Waals surface area (Å²) >= 11 is 0. The molecule has 1 rings (SSSR count). The van der Waals surface area contributed by atoms with Crippen LogP contribution in [-0.4, -0.2) is 42.8 Å². The summed E-state index contributed by atoms with van der Waals surface area (Å²) in [5.74, 6) is 5.74. The molecule has 1 fully saturated rings. The van der Waals surface area contributed by atoms with E-state index in [-0.39, 0.29) is 12.3 Å². The molecule has 0 saturated carbocycles. The van der Waals surface area contributed by atoms with E-state index in [2.05, 4.69) is 11.7 Å². The molecule has 1 aliphatic heterocycles. The summed E-state index contributed by atoms with van der Waals surface area (Å²) in [6.45, 7) is 9.71. The number of hydrogen-bond acceptors (Lipinski definition) is 7. The molecule has 0 amide bonds. The molecule has 7 nitrogen and oxygen atoms in total. The quantitative estimate of drug-likeness (QED) is 0.351. The molecular formula is C17H27N5O2. The predicted molar refractivity (Wildman–Crippen MR) is 96.3 cm³/mol. The second-order valence-corrected chi connectivity index (χ2v) is 5.39. The minimum absolute atomic E-state index is 0.179. The highest BCUT2D eigenvalue weighted by atomic mass is 16.5. The molecule has 0 aromatic rings. The number of esters is 1. The van der Waals surface area contributed by atoms with Crippen molar-refractivity contribution in [2.75, 3.05) is 20.2 Å². The number of hydrazine groups is 1. The van der Waals surface area contributed by atoms with Gasteiger partial charge in [0.2, 0.25) is 0 Å². The molecule has 0 atom stereocenters. The lowest BCUT2D eigenvalue weighted by molar-refractivity contribution is -0.138. The summed E-state index contributed by atoms with van der Waals surface area (Å²) in [6.07, 6.45) is 6.08. The predicted octanol–water partition coefficient (Wildman–Crippen LogP) is 1.62. The molecule has 0 aliphatic carbocycles. The van der Waals surface area contributed by atoms with Crippen molar-refractivity contribution in [1.82, 2.24) is 9.91 Å². The zero-order valence-electron chi connectivity index (χ0n) is 14.9. The van der Waals surface area contributed by atoms with Gasteiger partial charge in [-0.1, -0.05) is 12.2 Å². The van der Waals surface area contributed by atoms with E-state index in [0.29, 0.717) is 30.1 Å². The number of likely N-dealkylation sites (N-methyl/N-ethyl adjacent to an activating group) is 1. The van der Waals surface area contributed by atoms with E-state index in [9.17, 15) is 4.79 Å². The fraction of sp³-hybridized carbons (Fsp3) is 0.412. The SMILES string of the molecule is C=N/C(C(=O)OCC)=C1/C/C(=C(\C)N)N(N)/C(=C/C=C\C)CN1C. The molecule has 0 bridgehead atoms. The maximum Gasteiger partial charge on any atom is 0.358 e. The standard InChI is InChI=1S/C17H27N5O2/c1-6-8-9-13-11-21(5)15(10-14(12(3)18)22(13)19)16(20-4)17(23)24-7-2/h6,8-9H,4,7,10-11,18-19H2,1-3,5H3/b8-6-,13-9+,14-12-,16-15-. The Labute approximate surface area is 143 Å². The van der Waals surface area contributed by atoms with Crippen LogP contribution in [0.2, 0.25) is 0 Å². The summed E-state index contributed by atoms with van der Waals surface area (Å²) in [5.41, 5.74) is 8.98. The van der Waals surface area contributed by atoms with Gasteiger partial charge >= 0.3 is 5.97 Å². The lowest BCUT2D eigenvalue weighted by Crippen LogP contribution is -2.32. The lowest BCUT2D eigenvalue weighted by Gasteiger charge is -2.23. The van der Waals surface area contributed by atoms with Crippen LogP contribution in [0.1, 0.15) is 27.2 Å². The Hall–Kier alpha value is -2.54. The van der Waals surface area contributed by atoms with Gasteiger partial charge in [0.25, 0.3) is 0 Å². The molecule has 0 radical (unpaired) electrons. The molecule has 1 aliphatic rings. The van der Waals surface area contributed by atoms with Crippen LogP contribution in [0.5, 0.6) is 0 Å². The van der Waals surface area contributed by atoms with E-state index >= 15 is 0 Å². The van der Waals surface area contributed by atoms with Gasteiger partial charge in [0, 0.05) is 19.2 Å². The molecule has 132 valence electrons. The van der Waals surface area contributed by atoms with Crippen molar-refractivity contribution in [2.45, 2.75) is 27.2 Å². The Morgan fingerprint density at radius 1 is 1.46 bits per heavy atom. The zero-order valence-corrected chi connectivity index (χ0v) is 14.9. The average Bonchev–Trinajstić information content (AvgIpc) is 2.65. The molecule has 1 heterocycles. The monoisotopic (exact) mass is 333 g/mol. The van der Waals surface area contributed by atoms with Crippen molar-refractivity contribution in [3.05, 3.63) is 46.7 Å². The van der Waals surface area contributed by atoms with Crippen LogP contribution < -0.4 is 11.6 Å².